The molecule has 0 spiro atoms. The van der Waals surface area contributed by atoms with Crippen LogP contribution < -0.4 is 5.90 Å². The van der Waals surface area contributed by atoms with E-state index in [1.807, 2.05) is 20.8 Å². The van der Waals surface area contributed by atoms with Gasteiger partial charge in [-0.3, -0.25) is 9.63 Å². The minimum absolute atomic E-state index is 0.234. The van der Waals surface area contributed by atoms with Crippen molar-refractivity contribution in [1.29, 1.82) is 0 Å². The second-order valence-electron chi connectivity index (χ2n) is 4.92. The van der Waals surface area contributed by atoms with Crippen LogP contribution in [0.5, 0.6) is 0 Å². The third-order valence-corrected chi connectivity index (χ3v) is 2.40. The zero-order chi connectivity index (χ0) is 10.8. The van der Waals surface area contributed by atoms with E-state index in [2.05, 4.69) is 0 Å². The van der Waals surface area contributed by atoms with Crippen molar-refractivity contribution in [2.24, 2.45) is 5.90 Å². The van der Waals surface area contributed by atoms with Gasteiger partial charge in [0.05, 0.1) is 12.0 Å². The first kappa shape index (κ1) is 11.5. The van der Waals surface area contributed by atoms with Crippen LogP contribution in [-0.4, -0.2) is 17.2 Å². The molecule has 0 heterocycles. The Balaban J connectivity index is 2.40. The SMILES string of the molecule is CC(C)(C)OC(=O)CC1(ON)CCC1. The van der Waals surface area contributed by atoms with Crippen molar-refractivity contribution in [2.75, 3.05) is 0 Å². The minimum Gasteiger partial charge on any atom is -0.460 e. The summed E-state index contributed by atoms with van der Waals surface area (Å²) >= 11 is 0. The summed E-state index contributed by atoms with van der Waals surface area (Å²) in [5, 5.41) is 0. The van der Waals surface area contributed by atoms with E-state index in [0.717, 1.165) is 19.3 Å². The van der Waals surface area contributed by atoms with Gasteiger partial charge in [0, 0.05) is 0 Å². The van der Waals surface area contributed by atoms with Crippen LogP contribution in [0.25, 0.3) is 0 Å². The fourth-order valence-corrected chi connectivity index (χ4v) is 1.55. The molecule has 4 nitrogen and oxygen atoms in total. The highest BCUT2D eigenvalue weighted by Gasteiger charge is 2.41. The van der Waals surface area contributed by atoms with Gasteiger partial charge in [0.2, 0.25) is 0 Å². The molecule has 1 aliphatic rings. The van der Waals surface area contributed by atoms with Crippen LogP contribution in [0.3, 0.4) is 0 Å². The molecular weight excluding hydrogens is 182 g/mol. The number of nitrogens with two attached hydrogens (primary N) is 1. The topological polar surface area (TPSA) is 61.5 Å². The van der Waals surface area contributed by atoms with Gasteiger partial charge in [-0.15, -0.1) is 0 Å². The molecule has 1 aliphatic carbocycles. The van der Waals surface area contributed by atoms with E-state index in [1.54, 1.807) is 0 Å². The van der Waals surface area contributed by atoms with Gasteiger partial charge in [-0.05, 0) is 40.0 Å². The van der Waals surface area contributed by atoms with Crippen LogP contribution in [0, 0.1) is 0 Å². The van der Waals surface area contributed by atoms with E-state index in [4.69, 9.17) is 15.5 Å². The predicted octanol–water partition coefficient (Wildman–Crippen LogP) is 1.53. The van der Waals surface area contributed by atoms with Crippen LogP contribution in [0.15, 0.2) is 0 Å². The monoisotopic (exact) mass is 201 g/mol. The van der Waals surface area contributed by atoms with Gasteiger partial charge >= 0.3 is 5.97 Å². The largest absolute Gasteiger partial charge is 0.460 e. The third-order valence-electron chi connectivity index (χ3n) is 2.40. The van der Waals surface area contributed by atoms with Gasteiger partial charge in [-0.25, -0.2) is 5.90 Å². The van der Waals surface area contributed by atoms with Crippen molar-refractivity contribution in [1.82, 2.24) is 0 Å². The van der Waals surface area contributed by atoms with Gasteiger partial charge in [0.15, 0.2) is 0 Å². The van der Waals surface area contributed by atoms with Gasteiger partial charge in [-0.1, -0.05) is 0 Å². The Morgan fingerprint density at radius 1 is 1.43 bits per heavy atom. The average molecular weight is 201 g/mol. The van der Waals surface area contributed by atoms with Crippen molar-refractivity contribution in [3.63, 3.8) is 0 Å². The smallest absolute Gasteiger partial charge is 0.309 e. The Morgan fingerprint density at radius 3 is 2.29 bits per heavy atom. The predicted molar refractivity (Wildman–Crippen MR) is 52.3 cm³/mol. The van der Waals surface area contributed by atoms with E-state index in [-0.39, 0.29) is 12.4 Å². The lowest BCUT2D eigenvalue weighted by Gasteiger charge is -2.39. The molecule has 0 aliphatic heterocycles. The van der Waals surface area contributed by atoms with Gasteiger partial charge in [0.1, 0.15) is 5.60 Å². The normalized spacial score (nSPS) is 20.0. The second kappa shape index (κ2) is 3.87. The van der Waals surface area contributed by atoms with Crippen molar-refractivity contribution in [3.05, 3.63) is 0 Å². The number of ether oxygens (including phenoxy) is 1. The van der Waals surface area contributed by atoms with Crippen molar-refractivity contribution >= 4 is 5.97 Å². The Morgan fingerprint density at radius 2 is 2.00 bits per heavy atom. The Labute approximate surface area is 84.7 Å². The lowest BCUT2D eigenvalue weighted by molar-refractivity contribution is -0.170. The summed E-state index contributed by atoms with van der Waals surface area (Å²) in [6, 6.07) is 0. The van der Waals surface area contributed by atoms with E-state index in [0.29, 0.717) is 0 Å². The van der Waals surface area contributed by atoms with Crippen LogP contribution in [-0.2, 0) is 14.4 Å². The molecular formula is C10H19NO3. The molecule has 0 aromatic carbocycles. The Bertz CT molecular complexity index is 210. The molecule has 0 aromatic heterocycles. The zero-order valence-electron chi connectivity index (χ0n) is 9.13. The van der Waals surface area contributed by atoms with Crippen LogP contribution in [0.4, 0.5) is 0 Å². The number of esters is 1. The van der Waals surface area contributed by atoms with Crippen LogP contribution in [0.1, 0.15) is 46.5 Å². The highest BCUT2D eigenvalue weighted by Crippen LogP contribution is 2.37. The number of carbonyl (C=O) groups is 1. The lowest BCUT2D eigenvalue weighted by atomic mass is 9.78. The first-order valence-electron chi connectivity index (χ1n) is 4.97. The quantitative estimate of drug-likeness (QED) is 0.555. The minimum atomic E-state index is -0.442. The van der Waals surface area contributed by atoms with Crippen LogP contribution in [0.2, 0.25) is 0 Å². The second-order valence-corrected chi connectivity index (χ2v) is 4.92. The summed E-state index contributed by atoms with van der Waals surface area (Å²) < 4.78 is 5.20. The first-order valence-corrected chi connectivity index (χ1v) is 4.97. The van der Waals surface area contributed by atoms with E-state index in [1.165, 1.54) is 0 Å². The molecule has 14 heavy (non-hydrogen) atoms. The molecule has 1 rings (SSSR count). The van der Waals surface area contributed by atoms with Crippen molar-refractivity contribution in [2.45, 2.75) is 57.7 Å². The lowest BCUT2D eigenvalue weighted by Crippen LogP contribution is -2.45. The molecule has 0 saturated heterocycles. The molecule has 0 unspecified atom stereocenters. The summed E-state index contributed by atoms with van der Waals surface area (Å²) in [6.07, 6.45) is 3.03. The van der Waals surface area contributed by atoms with E-state index >= 15 is 0 Å². The molecule has 82 valence electrons. The molecule has 4 heteroatoms. The first-order chi connectivity index (χ1) is 6.37. The Hall–Kier alpha value is -0.610. The maximum Gasteiger partial charge on any atom is 0.309 e. The number of hydrogen-bond acceptors (Lipinski definition) is 4. The highest BCUT2D eigenvalue weighted by atomic mass is 16.6. The molecule has 1 fully saturated rings. The average Bonchev–Trinajstić information content (AvgIpc) is 1.93. The highest BCUT2D eigenvalue weighted by molar-refractivity contribution is 5.71. The fourth-order valence-electron chi connectivity index (χ4n) is 1.55. The summed E-state index contributed by atoms with van der Waals surface area (Å²) in [7, 11) is 0. The summed E-state index contributed by atoms with van der Waals surface area (Å²) in [6.45, 7) is 5.55. The number of rotatable bonds is 3. The zero-order valence-corrected chi connectivity index (χ0v) is 9.13. The number of carbonyl (C=O) groups excluding carboxylic acids is 1. The molecule has 0 radical (unpaired) electrons. The molecule has 2 N–H and O–H groups in total. The summed E-state index contributed by atoms with van der Waals surface area (Å²) in [5.74, 6) is 4.94. The Kier molecular flexibility index (Phi) is 3.17. The van der Waals surface area contributed by atoms with Gasteiger partial charge < -0.3 is 4.74 Å². The maximum absolute atomic E-state index is 11.5. The molecule has 0 aromatic rings. The standard InChI is InChI=1S/C10H19NO3/c1-9(2,3)13-8(12)7-10(14-11)5-4-6-10/h4-7,11H2,1-3H3. The van der Waals surface area contributed by atoms with Crippen molar-refractivity contribution < 1.29 is 14.4 Å². The number of hydrogen-bond donors (Lipinski definition) is 1. The summed E-state index contributed by atoms with van der Waals surface area (Å²) in [4.78, 5) is 16.3. The van der Waals surface area contributed by atoms with Gasteiger partial charge in [0.25, 0.3) is 0 Å². The third kappa shape index (κ3) is 2.96. The van der Waals surface area contributed by atoms with Crippen LogP contribution >= 0.6 is 0 Å². The molecule has 0 bridgehead atoms. The molecule has 0 amide bonds. The van der Waals surface area contributed by atoms with Crippen molar-refractivity contribution in [3.8, 4) is 0 Å². The van der Waals surface area contributed by atoms with E-state index in [9.17, 15) is 4.79 Å². The molecule has 0 atom stereocenters. The van der Waals surface area contributed by atoms with Gasteiger partial charge in [-0.2, -0.15) is 0 Å². The van der Waals surface area contributed by atoms with E-state index < -0.39 is 11.2 Å². The maximum atomic E-state index is 11.5. The molecule has 1 saturated carbocycles. The summed E-state index contributed by atoms with van der Waals surface area (Å²) in [5.41, 5.74) is -0.876. The fraction of sp³-hybridized carbons (Fsp3) is 0.900.